The van der Waals surface area contributed by atoms with E-state index in [1.807, 2.05) is 0 Å². The highest BCUT2D eigenvalue weighted by Gasteiger charge is 2.54. The van der Waals surface area contributed by atoms with Crippen LogP contribution in [0.25, 0.3) is 22.3 Å². The second-order valence-electron chi connectivity index (χ2n) is 14.7. The van der Waals surface area contributed by atoms with Crippen LogP contribution in [-0.4, -0.2) is 143 Å². The minimum atomic E-state index is -2.79. The number of carbonyl (C=O) groups excluding carboxylic acids is 5. The van der Waals surface area contributed by atoms with Gasteiger partial charge in [-0.2, -0.15) is 0 Å². The summed E-state index contributed by atoms with van der Waals surface area (Å²) in [5.41, 5.74) is -11.0. The molecular formula is C41H28O26. The first kappa shape index (κ1) is 44.0. The van der Waals surface area contributed by atoms with Gasteiger partial charge in [-0.1, -0.05) is 0 Å². The monoisotopic (exact) mass is 936 g/mol. The van der Waals surface area contributed by atoms with Gasteiger partial charge < -0.3 is 105 Å². The van der Waals surface area contributed by atoms with Crippen molar-refractivity contribution in [2.75, 3.05) is 6.61 Å². The van der Waals surface area contributed by atoms with Crippen molar-refractivity contribution in [3.63, 3.8) is 0 Å². The molecule has 26 heteroatoms. The number of carbonyl (C=O) groups is 5. The molecule has 4 aliphatic rings. The molecule has 348 valence electrons. The Labute approximate surface area is 368 Å². The molecule has 4 aliphatic heterocycles. The summed E-state index contributed by atoms with van der Waals surface area (Å²) in [6.07, 6.45) is -13.4. The van der Waals surface area contributed by atoms with E-state index in [0.29, 0.717) is 30.3 Å². The molecule has 5 atom stereocenters. The Bertz CT molecular complexity index is 3060. The minimum absolute atomic E-state index is 0.331. The molecule has 67 heavy (non-hydrogen) atoms. The molecule has 0 saturated heterocycles. The molecule has 5 aromatic rings. The van der Waals surface area contributed by atoms with E-state index in [1.54, 1.807) is 0 Å². The maximum atomic E-state index is 14.6. The normalized spacial score (nSPS) is 19.9. The van der Waals surface area contributed by atoms with Crippen LogP contribution in [0.1, 0.15) is 63.5 Å². The number of cyclic esters (lactones) is 2. The Morgan fingerprint density at radius 2 is 0.836 bits per heavy atom. The van der Waals surface area contributed by atoms with E-state index >= 15 is 0 Å². The summed E-state index contributed by atoms with van der Waals surface area (Å²) in [7, 11) is 0. The number of phenols is 15. The van der Waals surface area contributed by atoms with Gasteiger partial charge in [0.2, 0.25) is 23.0 Å². The molecule has 0 radical (unpaired) electrons. The lowest BCUT2D eigenvalue weighted by Gasteiger charge is -2.40. The van der Waals surface area contributed by atoms with Gasteiger partial charge in [-0.25, -0.2) is 24.0 Å². The molecule has 0 fully saturated rings. The summed E-state index contributed by atoms with van der Waals surface area (Å²) in [6, 6.07) is 2.15. The van der Waals surface area contributed by atoms with Crippen molar-refractivity contribution in [1.82, 2.24) is 0 Å². The van der Waals surface area contributed by atoms with Gasteiger partial charge in [-0.05, 0) is 30.3 Å². The SMILES string of the molecule is O=C(O[C@H]1COC(=O)c2cc(O)c(O)c(O)c2-c2c(cc(O)c(O)c2O)C(=O)O[C@H]1[C@@H]1OC(=O)c2cc(O)c(O)c(O)c2-c2c(O)c(O)c(O)c3c2C(=O)O[C@@H]1[C@H]3O)c1cc(O)c(O)c(O)c1. The topological polar surface area (TPSA) is 455 Å². The molecule has 26 nitrogen and oxygen atoms in total. The van der Waals surface area contributed by atoms with Crippen LogP contribution in [0.4, 0.5) is 0 Å². The van der Waals surface area contributed by atoms with Gasteiger partial charge >= 0.3 is 29.8 Å². The quantitative estimate of drug-likeness (QED) is 0.0689. The summed E-state index contributed by atoms with van der Waals surface area (Å²) < 4.78 is 27.6. The molecular weight excluding hydrogens is 908 g/mol. The van der Waals surface area contributed by atoms with Crippen LogP contribution in [0.15, 0.2) is 30.3 Å². The smallest absolute Gasteiger partial charge is 0.339 e. The molecule has 0 saturated carbocycles. The zero-order valence-electron chi connectivity index (χ0n) is 32.7. The third-order valence-corrected chi connectivity index (χ3v) is 10.9. The zero-order valence-corrected chi connectivity index (χ0v) is 32.7. The molecule has 0 amide bonds. The predicted molar refractivity (Wildman–Crippen MR) is 207 cm³/mol. The lowest BCUT2D eigenvalue weighted by Crippen LogP contribution is -2.56. The van der Waals surface area contributed by atoms with E-state index in [0.717, 1.165) is 0 Å². The fourth-order valence-corrected chi connectivity index (χ4v) is 7.72. The number of hydrogen-bond acceptors (Lipinski definition) is 26. The maximum Gasteiger partial charge on any atom is 0.339 e. The number of esters is 5. The summed E-state index contributed by atoms with van der Waals surface area (Å²) in [4.78, 5) is 70.9. The molecule has 9 rings (SSSR count). The molecule has 0 aromatic heterocycles. The standard InChI is InChI=1S/C41H28O26/c42-11-1-7(2-12(43)23(11)47)37(58)64-16-6-63-38(59)8-3-13(44)24(48)27(51)17(8)18-9(4-14(45)25(49)28(18)52)39(60)65-34(16)36-35-32(56)22-21(41(62)66-35)20(30(54)33(57)31(22)55)19-10(40(61)67-36)5-15(46)26(50)29(19)53/h1-5,16,32,34-36,42-57H,6H2/t16-,32-,34+,35+,36-/m0/s1. The van der Waals surface area contributed by atoms with Crippen molar-refractivity contribution < 1.29 is 129 Å². The number of benzene rings is 5. The van der Waals surface area contributed by atoms with Crippen LogP contribution in [0, 0.1) is 0 Å². The lowest BCUT2D eigenvalue weighted by molar-refractivity contribution is -0.154. The van der Waals surface area contributed by atoms with Gasteiger partial charge in [0.1, 0.15) is 12.7 Å². The van der Waals surface area contributed by atoms with Crippen LogP contribution >= 0.6 is 0 Å². The third kappa shape index (κ3) is 6.57. The van der Waals surface area contributed by atoms with Crippen molar-refractivity contribution in [2.45, 2.75) is 30.5 Å². The number of aliphatic hydroxyl groups is 1. The average molecular weight is 937 g/mol. The second kappa shape index (κ2) is 15.3. The van der Waals surface area contributed by atoms with Crippen molar-refractivity contribution >= 4 is 29.8 Å². The Morgan fingerprint density at radius 3 is 1.33 bits per heavy atom. The Morgan fingerprint density at radius 1 is 0.433 bits per heavy atom. The van der Waals surface area contributed by atoms with Crippen molar-refractivity contribution in [2.24, 2.45) is 0 Å². The Balaban J connectivity index is 1.42. The van der Waals surface area contributed by atoms with Crippen molar-refractivity contribution in [1.29, 1.82) is 0 Å². The highest BCUT2D eigenvalue weighted by atomic mass is 16.6. The molecule has 0 aliphatic carbocycles. The molecule has 16 N–H and O–H groups in total. The van der Waals surface area contributed by atoms with E-state index in [2.05, 4.69) is 0 Å². The summed E-state index contributed by atoms with van der Waals surface area (Å²) in [5.74, 6) is -29.6. The fourth-order valence-electron chi connectivity index (χ4n) is 7.72. The van der Waals surface area contributed by atoms with E-state index in [-0.39, 0.29) is 0 Å². The molecule has 5 aromatic carbocycles. The van der Waals surface area contributed by atoms with Crippen LogP contribution in [-0.2, 0) is 23.7 Å². The average Bonchev–Trinajstić information content (AvgIpc) is 3.29. The van der Waals surface area contributed by atoms with Crippen LogP contribution in [0.5, 0.6) is 86.2 Å². The Hall–Kier alpha value is -9.59. The van der Waals surface area contributed by atoms with Gasteiger partial charge in [-0.3, -0.25) is 0 Å². The highest BCUT2D eigenvalue weighted by Crippen LogP contribution is 2.58. The number of hydrogen-bond donors (Lipinski definition) is 16. The number of ether oxygens (including phenoxy) is 5. The first-order valence-corrected chi connectivity index (χ1v) is 18.6. The lowest BCUT2D eigenvalue weighted by atomic mass is 9.82. The largest absolute Gasteiger partial charge is 0.504 e. The Kier molecular flexibility index (Phi) is 10.1. The molecule has 4 heterocycles. The van der Waals surface area contributed by atoms with E-state index < -0.39 is 209 Å². The number of phenolic OH excluding ortho intramolecular Hbond substituents is 15. The van der Waals surface area contributed by atoms with Crippen molar-refractivity contribution in [3.8, 4) is 108 Å². The molecule has 0 spiro atoms. The third-order valence-electron chi connectivity index (χ3n) is 10.9. The summed E-state index contributed by atoms with van der Waals surface area (Å²) in [5, 5.41) is 172. The van der Waals surface area contributed by atoms with Crippen LogP contribution < -0.4 is 0 Å². The highest BCUT2D eigenvalue weighted by molar-refractivity contribution is 6.11. The zero-order chi connectivity index (χ0) is 49.0. The predicted octanol–water partition coefficient (Wildman–Crippen LogP) is 1.34. The first-order chi connectivity index (χ1) is 31.5. The number of rotatable bonds is 3. The van der Waals surface area contributed by atoms with Gasteiger partial charge in [-0.15, -0.1) is 0 Å². The number of aliphatic hydroxyl groups excluding tert-OH is 1. The van der Waals surface area contributed by atoms with E-state index in [1.165, 1.54) is 0 Å². The first-order valence-electron chi connectivity index (χ1n) is 18.6. The van der Waals surface area contributed by atoms with Crippen molar-refractivity contribution in [3.05, 3.63) is 63.7 Å². The van der Waals surface area contributed by atoms with E-state index in [4.69, 9.17) is 23.7 Å². The van der Waals surface area contributed by atoms with Gasteiger partial charge in [0.05, 0.1) is 27.8 Å². The van der Waals surface area contributed by atoms with Crippen LogP contribution in [0.3, 0.4) is 0 Å². The summed E-state index contributed by atoms with van der Waals surface area (Å²) >= 11 is 0. The molecule has 0 unspecified atom stereocenters. The van der Waals surface area contributed by atoms with Gasteiger partial charge in [0.15, 0.2) is 87.7 Å². The maximum absolute atomic E-state index is 14.6. The fraction of sp³-hybridized carbons (Fsp3) is 0.146. The van der Waals surface area contributed by atoms with Gasteiger partial charge in [0, 0.05) is 27.8 Å². The number of aromatic hydroxyl groups is 15. The van der Waals surface area contributed by atoms with Gasteiger partial charge in [0.25, 0.3) is 0 Å². The molecule has 4 bridgehead atoms. The van der Waals surface area contributed by atoms with Crippen LogP contribution in [0.2, 0.25) is 0 Å². The number of fused-ring (bicyclic) bond motifs is 6. The second-order valence-corrected chi connectivity index (χ2v) is 14.7. The summed E-state index contributed by atoms with van der Waals surface area (Å²) in [6.45, 7) is -1.50. The minimum Gasteiger partial charge on any atom is -0.504 e. The van der Waals surface area contributed by atoms with E-state index in [9.17, 15) is 106 Å².